The van der Waals surface area contributed by atoms with Crippen molar-refractivity contribution >= 4 is 17.6 Å². The first-order valence-corrected chi connectivity index (χ1v) is 8.17. The average Bonchev–Trinajstić information content (AvgIpc) is 2.59. The maximum absolute atomic E-state index is 12.0. The molecule has 25 heavy (non-hydrogen) atoms. The van der Waals surface area contributed by atoms with Crippen molar-refractivity contribution in [1.29, 1.82) is 0 Å². The van der Waals surface area contributed by atoms with Gasteiger partial charge in [0, 0.05) is 18.3 Å². The van der Waals surface area contributed by atoms with E-state index in [0.717, 1.165) is 24.0 Å². The van der Waals surface area contributed by atoms with Crippen molar-refractivity contribution in [1.82, 2.24) is 5.32 Å². The monoisotopic (exact) mass is 337 g/mol. The molecule has 2 rings (SSSR count). The second-order valence-corrected chi connectivity index (χ2v) is 5.88. The van der Waals surface area contributed by atoms with Crippen molar-refractivity contribution in [2.75, 3.05) is 5.32 Å². The number of amides is 3. The lowest BCUT2D eigenvalue weighted by molar-refractivity contribution is -0.116. The van der Waals surface area contributed by atoms with Crippen molar-refractivity contribution in [3.63, 3.8) is 0 Å². The van der Waals surface area contributed by atoms with Crippen LogP contribution in [-0.2, 0) is 17.8 Å². The highest BCUT2D eigenvalue weighted by Gasteiger charge is 2.02. The molecule has 0 heterocycles. The first-order chi connectivity index (χ1) is 12.0. The zero-order valence-electron chi connectivity index (χ0n) is 14.3. The highest BCUT2D eigenvalue weighted by atomic mass is 16.2. The standard InChI is InChI=1S/C20H23N3O2/c1-15(10-11-16-6-3-2-4-7-16)12-19(24)22-14-17-8-5-9-18(13-17)23-20(21)25/h2-9,12-13H,10-11,14H2,1H3,(H,22,24)(H3,21,23,25)/b15-12-. The number of aryl methyl sites for hydroxylation is 1. The van der Waals surface area contributed by atoms with Crippen LogP contribution in [0.25, 0.3) is 0 Å². The maximum Gasteiger partial charge on any atom is 0.316 e. The molecule has 2 aromatic carbocycles. The molecule has 0 radical (unpaired) electrons. The minimum atomic E-state index is -0.613. The lowest BCUT2D eigenvalue weighted by atomic mass is 10.1. The van der Waals surface area contributed by atoms with Gasteiger partial charge in [0.15, 0.2) is 0 Å². The second-order valence-electron chi connectivity index (χ2n) is 5.88. The summed E-state index contributed by atoms with van der Waals surface area (Å²) in [5.74, 6) is -0.126. The summed E-state index contributed by atoms with van der Waals surface area (Å²) in [4.78, 5) is 22.9. The molecule has 5 heteroatoms. The predicted octanol–water partition coefficient (Wildman–Crippen LogP) is 3.37. The van der Waals surface area contributed by atoms with E-state index in [0.29, 0.717) is 12.2 Å². The third-order valence-electron chi connectivity index (χ3n) is 3.69. The summed E-state index contributed by atoms with van der Waals surface area (Å²) < 4.78 is 0. The van der Waals surface area contributed by atoms with Crippen molar-refractivity contribution in [2.45, 2.75) is 26.3 Å². The zero-order chi connectivity index (χ0) is 18.1. The smallest absolute Gasteiger partial charge is 0.316 e. The first-order valence-electron chi connectivity index (χ1n) is 8.17. The third-order valence-corrected chi connectivity index (χ3v) is 3.69. The van der Waals surface area contributed by atoms with Gasteiger partial charge in [0.2, 0.25) is 5.91 Å². The SMILES string of the molecule is C/C(=C/C(=O)NCc1cccc(NC(N)=O)c1)CCc1ccccc1. The van der Waals surface area contributed by atoms with Gasteiger partial charge in [-0.3, -0.25) is 4.79 Å². The second kappa shape index (κ2) is 9.27. The number of carbonyl (C=O) groups is 2. The van der Waals surface area contributed by atoms with E-state index in [1.54, 1.807) is 24.3 Å². The Bertz CT molecular complexity index is 755. The number of anilines is 1. The van der Waals surface area contributed by atoms with Crippen molar-refractivity contribution < 1.29 is 9.59 Å². The Kier molecular flexibility index (Phi) is 6.77. The first kappa shape index (κ1) is 18.3. The molecule has 130 valence electrons. The van der Waals surface area contributed by atoms with Gasteiger partial charge >= 0.3 is 6.03 Å². The van der Waals surface area contributed by atoms with Crippen molar-refractivity contribution in [3.8, 4) is 0 Å². The molecule has 0 aliphatic carbocycles. The van der Waals surface area contributed by atoms with Gasteiger partial charge in [-0.1, -0.05) is 48.0 Å². The number of hydrogen-bond donors (Lipinski definition) is 3. The van der Waals surface area contributed by atoms with Gasteiger partial charge in [-0.25, -0.2) is 4.79 Å². The van der Waals surface area contributed by atoms with Crippen LogP contribution in [0.3, 0.4) is 0 Å². The summed E-state index contributed by atoms with van der Waals surface area (Å²) in [6.07, 6.45) is 3.39. The molecule has 4 N–H and O–H groups in total. The van der Waals surface area contributed by atoms with Gasteiger partial charge < -0.3 is 16.4 Å². The number of benzene rings is 2. The Morgan fingerprint density at radius 3 is 2.48 bits per heavy atom. The molecule has 5 nitrogen and oxygen atoms in total. The summed E-state index contributed by atoms with van der Waals surface area (Å²) in [6, 6.07) is 16.8. The third kappa shape index (κ3) is 6.91. The van der Waals surface area contributed by atoms with E-state index in [4.69, 9.17) is 5.73 Å². The lowest BCUT2D eigenvalue weighted by Gasteiger charge is -2.07. The molecule has 0 saturated heterocycles. The molecule has 0 saturated carbocycles. The molecule has 2 aromatic rings. The van der Waals surface area contributed by atoms with Crippen LogP contribution in [0.5, 0.6) is 0 Å². The highest BCUT2D eigenvalue weighted by molar-refractivity contribution is 5.88. The molecular formula is C20H23N3O2. The zero-order valence-corrected chi connectivity index (χ0v) is 14.3. The van der Waals surface area contributed by atoms with Gasteiger partial charge in [-0.2, -0.15) is 0 Å². The summed E-state index contributed by atoms with van der Waals surface area (Å²) in [5, 5.41) is 5.36. The maximum atomic E-state index is 12.0. The molecule has 0 bridgehead atoms. The van der Waals surface area contributed by atoms with Crippen LogP contribution < -0.4 is 16.4 Å². The van der Waals surface area contributed by atoms with E-state index in [1.165, 1.54) is 5.56 Å². The van der Waals surface area contributed by atoms with Crippen LogP contribution in [0, 0.1) is 0 Å². The Morgan fingerprint density at radius 2 is 1.76 bits per heavy atom. The number of primary amides is 1. The van der Waals surface area contributed by atoms with Gasteiger partial charge in [0.05, 0.1) is 0 Å². The van der Waals surface area contributed by atoms with Gasteiger partial charge in [0.25, 0.3) is 0 Å². The van der Waals surface area contributed by atoms with Crippen LogP contribution in [-0.4, -0.2) is 11.9 Å². The van der Waals surface area contributed by atoms with Crippen LogP contribution in [0.2, 0.25) is 0 Å². The molecule has 0 spiro atoms. The Hall–Kier alpha value is -3.08. The average molecular weight is 337 g/mol. The number of carbonyl (C=O) groups excluding carboxylic acids is 2. The summed E-state index contributed by atoms with van der Waals surface area (Å²) in [6.45, 7) is 2.34. The number of nitrogens with one attached hydrogen (secondary N) is 2. The van der Waals surface area contributed by atoms with E-state index < -0.39 is 6.03 Å². The number of hydrogen-bond acceptors (Lipinski definition) is 2. The van der Waals surface area contributed by atoms with Crippen LogP contribution >= 0.6 is 0 Å². The Morgan fingerprint density at radius 1 is 1.04 bits per heavy atom. The van der Waals surface area contributed by atoms with Crippen molar-refractivity contribution in [2.24, 2.45) is 5.73 Å². The van der Waals surface area contributed by atoms with Gasteiger partial charge in [-0.15, -0.1) is 0 Å². The fraction of sp³-hybridized carbons (Fsp3) is 0.200. The molecule has 0 aliphatic heterocycles. The normalized spacial score (nSPS) is 11.0. The summed E-state index contributed by atoms with van der Waals surface area (Å²) in [5.41, 5.74) is 8.88. The molecule has 0 aliphatic rings. The molecule has 0 unspecified atom stereocenters. The van der Waals surface area contributed by atoms with Crippen LogP contribution in [0.1, 0.15) is 24.5 Å². The minimum absolute atomic E-state index is 0.126. The molecular weight excluding hydrogens is 314 g/mol. The van der Waals surface area contributed by atoms with E-state index >= 15 is 0 Å². The fourth-order valence-corrected chi connectivity index (χ4v) is 2.42. The van der Waals surface area contributed by atoms with Crippen molar-refractivity contribution in [3.05, 3.63) is 77.4 Å². The molecule has 0 atom stereocenters. The Labute approximate surface area is 147 Å². The van der Waals surface area contributed by atoms with Crippen LogP contribution in [0.4, 0.5) is 10.5 Å². The van der Waals surface area contributed by atoms with E-state index in [1.807, 2.05) is 31.2 Å². The topological polar surface area (TPSA) is 84.2 Å². The Balaban J connectivity index is 1.82. The number of nitrogens with two attached hydrogens (primary N) is 1. The van der Waals surface area contributed by atoms with E-state index in [2.05, 4.69) is 22.8 Å². The number of allylic oxidation sites excluding steroid dienone is 1. The van der Waals surface area contributed by atoms with Crippen LogP contribution in [0.15, 0.2) is 66.2 Å². The number of urea groups is 1. The molecule has 0 aromatic heterocycles. The predicted molar refractivity (Wildman–Crippen MR) is 100 cm³/mol. The van der Waals surface area contributed by atoms with E-state index in [-0.39, 0.29) is 5.91 Å². The molecule has 3 amide bonds. The minimum Gasteiger partial charge on any atom is -0.351 e. The fourth-order valence-electron chi connectivity index (χ4n) is 2.42. The molecule has 0 fully saturated rings. The highest BCUT2D eigenvalue weighted by Crippen LogP contribution is 2.11. The largest absolute Gasteiger partial charge is 0.351 e. The quantitative estimate of drug-likeness (QED) is 0.677. The van der Waals surface area contributed by atoms with Gasteiger partial charge in [-0.05, 0) is 43.0 Å². The lowest BCUT2D eigenvalue weighted by Crippen LogP contribution is -2.21. The van der Waals surface area contributed by atoms with E-state index in [9.17, 15) is 9.59 Å². The van der Waals surface area contributed by atoms with Gasteiger partial charge in [0.1, 0.15) is 0 Å². The summed E-state index contributed by atoms with van der Waals surface area (Å²) in [7, 11) is 0. The number of rotatable bonds is 7. The summed E-state index contributed by atoms with van der Waals surface area (Å²) >= 11 is 0.